The highest BCUT2D eigenvalue weighted by Gasteiger charge is 2.01. The zero-order valence-corrected chi connectivity index (χ0v) is 7.53. The molecule has 0 atom stereocenters. The van der Waals surface area contributed by atoms with Gasteiger partial charge in [0.2, 0.25) is 0 Å². The minimum absolute atomic E-state index is 0.331. The average molecular weight is 195 g/mol. The first kappa shape index (κ1) is 8.26. The molecule has 0 fully saturated rings. The van der Waals surface area contributed by atoms with Gasteiger partial charge in [-0.05, 0) is 12.1 Å². The molecule has 4 heteroatoms. The molecule has 2 aromatic rings. The van der Waals surface area contributed by atoms with Crippen molar-refractivity contribution >= 4 is 28.9 Å². The molecule has 0 amide bonds. The molecule has 66 valence electrons. The smallest absolute Gasteiger partial charge is 0.140 e. The molecule has 3 nitrogen and oxygen atoms in total. The van der Waals surface area contributed by atoms with Crippen molar-refractivity contribution in [3.8, 4) is 0 Å². The van der Waals surface area contributed by atoms with Gasteiger partial charge in [0.15, 0.2) is 0 Å². The van der Waals surface area contributed by atoms with Gasteiger partial charge in [-0.15, -0.1) is 0 Å². The van der Waals surface area contributed by atoms with E-state index in [1.807, 2.05) is 18.3 Å². The Bertz CT molecular complexity index is 450. The van der Waals surface area contributed by atoms with Crippen molar-refractivity contribution in [1.29, 1.82) is 0 Å². The normalized spacial score (nSPS) is 10.5. The lowest BCUT2D eigenvalue weighted by Crippen LogP contribution is -1.97. The summed E-state index contributed by atoms with van der Waals surface area (Å²) in [6.45, 7) is 0.331. The summed E-state index contributed by atoms with van der Waals surface area (Å²) in [4.78, 5) is 14.4. The van der Waals surface area contributed by atoms with Gasteiger partial charge in [-0.3, -0.25) is 0 Å². The van der Waals surface area contributed by atoms with Crippen LogP contribution in [0.5, 0.6) is 0 Å². The molecule has 2 rings (SSSR count). The first-order chi connectivity index (χ1) is 6.31. The van der Waals surface area contributed by atoms with E-state index in [1.54, 1.807) is 10.8 Å². The Morgan fingerprint density at radius 2 is 2.46 bits per heavy atom. The van der Waals surface area contributed by atoms with Crippen molar-refractivity contribution in [3.05, 3.63) is 29.5 Å². The van der Waals surface area contributed by atoms with Crippen molar-refractivity contribution in [3.63, 3.8) is 0 Å². The zero-order valence-electron chi connectivity index (χ0n) is 6.77. The standard InChI is InChI=1S/C9H7ClN2O/c10-8-5-7-1-2-12(3-4-13)9(7)11-6-8/h1-2,4-6H,3H2. The van der Waals surface area contributed by atoms with Crippen LogP contribution in [0.25, 0.3) is 11.0 Å². The molecule has 0 spiro atoms. The first-order valence-electron chi connectivity index (χ1n) is 3.85. The summed E-state index contributed by atoms with van der Waals surface area (Å²) in [6.07, 6.45) is 4.24. The summed E-state index contributed by atoms with van der Waals surface area (Å²) in [6, 6.07) is 3.71. The van der Waals surface area contributed by atoms with Gasteiger partial charge in [0.25, 0.3) is 0 Å². The average Bonchev–Trinajstić information content (AvgIpc) is 2.49. The van der Waals surface area contributed by atoms with E-state index in [0.717, 1.165) is 17.3 Å². The highest BCUT2D eigenvalue weighted by molar-refractivity contribution is 6.31. The molecule has 0 unspecified atom stereocenters. The van der Waals surface area contributed by atoms with Crippen LogP contribution in [0.2, 0.25) is 5.02 Å². The van der Waals surface area contributed by atoms with Crippen LogP contribution in [0.3, 0.4) is 0 Å². The summed E-state index contributed by atoms with van der Waals surface area (Å²) < 4.78 is 1.78. The van der Waals surface area contributed by atoms with Gasteiger partial charge in [0.05, 0.1) is 11.6 Å². The molecule has 0 aliphatic carbocycles. The summed E-state index contributed by atoms with van der Waals surface area (Å²) in [7, 11) is 0. The number of nitrogens with zero attached hydrogens (tertiary/aromatic N) is 2. The maximum Gasteiger partial charge on any atom is 0.140 e. The number of aromatic nitrogens is 2. The number of rotatable bonds is 2. The third-order valence-corrected chi connectivity index (χ3v) is 2.05. The van der Waals surface area contributed by atoms with Crippen LogP contribution >= 0.6 is 11.6 Å². The molecule has 0 radical (unpaired) electrons. The number of fused-ring (bicyclic) bond motifs is 1. The number of halogens is 1. The topological polar surface area (TPSA) is 34.9 Å². The third kappa shape index (κ3) is 1.42. The summed E-state index contributed by atoms with van der Waals surface area (Å²) in [5.74, 6) is 0. The maximum absolute atomic E-state index is 10.3. The van der Waals surface area contributed by atoms with Crippen LogP contribution in [0.4, 0.5) is 0 Å². The molecule has 0 bridgehead atoms. The van der Waals surface area contributed by atoms with Gasteiger partial charge in [-0.2, -0.15) is 0 Å². The van der Waals surface area contributed by atoms with Crippen molar-refractivity contribution in [2.75, 3.05) is 0 Å². The van der Waals surface area contributed by atoms with Gasteiger partial charge < -0.3 is 9.36 Å². The van der Waals surface area contributed by atoms with Crippen LogP contribution in [0.1, 0.15) is 0 Å². The van der Waals surface area contributed by atoms with Gasteiger partial charge in [0.1, 0.15) is 11.9 Å². The van der Waals surface area contributed by atoms with Crippen molar-refractivity contribution in [2.45, 2.75) is 6.54 Å². The van der Waals surface area contributed by atoms with E-state index >= 15 is 0 Å². The Labute approximate surface area is 79.9 Å². The molecular weight excluding hydrogens is 188 g/mol. The minimum Gasteiger partial charge on any atom is -0.325 e. The van der Waals surface area contributed by atoms with E-state index in [2.05, 4.69) is 4.98 Å². The van der Waals surface area contributed by atoms with Crippen molar-refractivity contribution in [2.24, 2.45) is 0 Å². The highest BCUT2D eigenvalue weighted by atomic mass is 35.5. The van der Waals surface area contributed by atoms with Crippen molar-refractivity contribution in [1.82, 2.24) is 9.55 Å². The first-order valence-corrected chi connectivity index (χ1v) is 4.23. The lowest BCUT2D eigenvalue weighted by Gasteiger charge is -1.97. The van der Waals surface area contributed by atoms with E-state index in [-0.39, 0.29) is 0 Å². The van der Waals surface area contributed by atoms with Crippen LogP contribution in [0, 0.1) is 0 Å². The fourth-order valence-electron chi connectivity index (χ4n) is 1.28. The lowest BCUT2D eigenvalue weighted by molar-refractivity contribution is -0.108. The summed E-state index contributed by atoms with van der Waals surface area (Å²) >= 11 is 5.76. The zero-order chi connectivity index (χ0) is 9.26. The second kappa shape index (κ2) is 3.18. The minimum atomic E-state index is 0.331. The van der Waals surface area contributed by atoms with Crippen LogP contribution < -0.4 is 0 Å². The van der Waals surface area contributed by atoms with E-state index in [1.165, 1.54) is 0 Å². The van der Waals surface area contributed by atoms with Gasteiger partial charge >= 0.3 is 0 Å². The fourth-order valence-corrected chi connectivity index (χ4v) is 1.45. The molecule has 2 heterocycles. The predicted molar refractivity (Wildman–Crippen MR) is 50.8 cm³/mol. The molecule has 2 aromatic heterocycles. The maximum atomic E-state index is 10.3. The van der Waals surface area contributed by atoms with Crippen LogP contribution in [-0.2, 0) is 11.3 Å². The Morgan fingerprint density at radius 1 is 1.62 bits per heavy atom. The van der Waals surface area contributed by atoms with Gasteiger partial charge in [0, 0.05) is 17.8 Å². The largest absolute Gasteiger partial charge is 0.325 e. The number of hydrogen-bond donors (Lipinski definition) is 0. The van der Waals surface area contributed by atoms with E-state index in [0.29, 0.717) is 11.6 Å². The molecule has 0 aromatic carbocycles. The van der Waals surface area contributed by atoms with E-state index in [9.17, 15) is 4.79 Å². The molecule has 0 aliphatic heterocycles. The van der Waals surface area contributed by atoms with E-state index in [4.69, 9.17) is 11.6 Å². The third-order valence-electron chi connectivity index (χ3n) is 1.84. The molecule has 0 saturated heterocycles. The number of carbonyl (C=O) groups excluding carboxylic acids is 1. The molecule has 0 saturated carbocycles. The Morgan fingerprint density at radius 3 is 3.23 bits per heavy atom. The van der Waals surface area contributed by atoms with Gasteiger partial charge in [-0.1, -0.05) is 11.6 Å². The second-order valence-corrected chi connectivity index (χ2v) is 3.14. The highest BCUT2D eigenvalue weighted by Crippen LogP contribution is 2.17. The van der Waals surface area contributed by atoms with Crippen LogP contribution in [-0.4, -0.2) is 15.8 Å². The number of hydrogen-bond acceptors (Lipinski definition) is 2. The van der Waals surface area contributed by atoms with E-state index < -0.39 is 0 Å². The van der Waals surface area contributed by atoms with Crippen molar-refractivity contribution < 1.29 is 4.79 Å². The predicted octanol–water partition coefficient (Wildman–Crippen LogP) is 1.89. The molecular formula is C9H7ClN2O. The number of carbonyl (C=O) groups is 1. The van der Waals surface area contributed by atoms with Crippen LogP contribution in [0.15, 0.2) is 24.5 Å². The molecule has 0 aliphatic rings. The lowest BCUT2D eigenvalue weighted by atomic mass is 10.3. The monoisotopic (exact) mass is 194 g/mol. The Kier molecular flexibility index (Phi) is 2.02. The quantitative estimate of drug-likeness (QED) is 0.685. The molecule has 0 N–H and O–H groups in total. The fraction of sp³-hybridized carbons (Fsp3) is 0.111. The second-order valence-electron chi connectivity index (χ2n) is 2.70. The number of aldehydes is 1. The number of pyridine rings is 1. The molecule has 13 heavy (non-hydrogen) atoms. The Hall–Kier alpha value is -1.35. The SMILES string of the molecule is O=CCn1ccc2cc(Cl)cnc21. The Balaban J connectivity index is 2.61. The summed E-state index contributed by atoms with van der Waals surface area (Å²) in [5.41, 5.74) is 0.788. The van der Waals surface area contributed by atoms with Gasteiger partial charge in [-0.25, -0.2) is 4.98 Å². The summed E-state index contributed by atoms with van der Waals surface area (Å²) in [5, 5.41) is 1.56.